The molecule has 0 unspecified atom stereocenters. The van der Waals surface area contributed by atoms with E-state index in [0.29, 0.717) is 17.5 Å². The van der Waals surface area contributed by atoms with Gasteiger partial charge >= 0.3 is 6.09 Å². The quantitative estimate of drug-likeness (QED) is 0.545. The molecular weight excluding hydrogens is 526 g/mol. The number of anilines is 1. The molecule has 1 N–H and O–H groups in total. The van der Waals surface area contributed by atoms with Gasteiger partial charge in [0, 0.05) is 17.4 Å². The standard InChI is InChI=1S/C27H33N3O6S2/c1-5-35-20-13-11-19(12-14-20)30-22-16-38(33,34)17-23(22)37-25(30)29-24(31)21(15-18-9-7-6-8-10-18)28-26(32)36-27(2,3)4/h6-14,21-23H,5,15-17H2,1-4H3,(H,28,32)/t21-,22-,23+/m1/s1. The zero-order chi connectivity index (χ0) is 27.5. The summed E-state index contributed by atoms with van der Waals surface area (Å²) in [6.45, 7) is 7.66. The minimum atomic E-state index is -3.21. The Balaban J connectivity index is 1.64. The molecule has 0 spiro atoms. The van der Waals surface area contributed by atoms with Crippen LogP contribution in [0.5, 0.6) is 5.75 Å². The summed E-state index contributed by atoms with van der Waals surface area (Å²) in [4.78, 5) is 32.4. The third-order valence-corrected chi connectivity index (χ3v) is 9.18. The van der Waals surface area contributed by atoms with E-state index in [1.54, 1.807) is 20.8 Å². The molecule has 0 saturated carbocycles. The van der Waals surface area contributed by atoms with Gasteiger partial charge in [-0.2, -0.15) is 4.99 Å². The summed E-state index contributed by atoms with van der Waals surface area (Å²) in [5, 5.41) is 2.84. The molecule has 2 fully saturated rings. The number of sulfone groups is 1. The average Bonchev–Trinajstić information content (AvgIpc) is 3.29. The second kappa shape index (κ2) is 11.4. The second-order valence-electron chi connectivity index (χ2n) is 10.2. The number of hydrogen-bond donors (Lipinski definition) is 1. The number of rotatable bonds is 7. The molecule has 11 heteroatoms. The van der Waals surface area contributed by atoms with Crippen LogP contribution in [-0.2, 0) is 25.8 Å². The molecule has 0 radical (unpaired) electrons. The Labute approximate surface area is 227 Å². The molecule has 0 aromatic heterocycles. The number of carbonyl (C=O) groups excluding carboxylic acids is 2. The highest BCUT2D eigenvalue weighted by molar-refractivity contribution is 8.16. The average molecular weight is 560 g/mol. The SMILES string of the molecule is CCOc1ccc(N2C(=NC(=O)[C@@H](Cc3ccccc3)NC(=O)OC(C)(C)C)S[C@H]3CS(=O)(=O)C[C@H]32)cc1. The van der Waals surface area contributed by atoms with E-state index in [9.17, 15) is 18.0 Å². The normalized spacial score (nSPS) is 22.1. The van der Waals surface area contributed by atoms with Crippen LogP contribution in [0.25, 0.3) is 0 Å². The highest BCUT2D eigenvalue weighted by Gasteiger charge is 2.49. The maximum atomic E-state index is 13.5. The van der Waals surface area contributed by atoms with Gasteiger partial charge in [0.25, 0.3) is 5.91 Å². The monoisotopic (exact) mass is 559 g/mol. The van der Waals surface area contributed by atoms with Crippen LogP contribution in [0, 0.1) is 0 Å². The van der Waals surface area contributed by atoms with Crippen LogP contribution in [0.4, 0.5) is 10.5 Å². The number of fused-ring (bicyclic) bond motifs is 1. The van der Waals surface area contributed by atoms with E-state index >= 15 is 0 Å². The van der Waals surface area contributed by atoms with E-state index in [1.165, 1.54) is 11.8 Å². The van der Waals surface area contributed by atoms with Crippen molar-refractivity contribution in [1.29, 1.82) is 0 Å². The molecule has 2 heterocycles. The van der Waals surface area contributed by atoms with Crippen molar-refractivity contribution in [2.24, 2.45) is 4.99 Å². The van der Waals surface area contributed by atoms with Crippen LogP contribution in [0.15, 0.2) is 59.6 Å². The van der Waals surface area contributed by atoms with Crippen LogP contribution in [0.1, 0.15) is 33.3 Å². The Morgan fingerprint density at radius 1 is 1.11 bits per heavy atom. The molecule has 2 amide bonds. The predicted molar refractivity (Wildman–Crippen MR) is 150 cm³/mol. The highest BCUT2D eigenvalue weighted by atomic mass is 32.2. The maximum Gasteiger partial charge on any atom is 0.408 e. The number of nitrogens with zero attached hydrogens (tertiary/aromatic N) is 2. The fourth-order valence-electron chi connectivity index (χ4n) is 4.41. The summed E-state index contributed by atoms with van der Waals surface area (Å²) in [5.41, 5.74) is 0.842. The minimum Gasteiger partial charge on any atom is -0.494 e. The molecule has 4 rings (SSSR count). The number of amidine groups is 1. The zero-order valence-corrected chi connectivity index (χ0v) is 23.6. The first kappa shape index (κ1) is 28.0. The number of aliphatic imine (C=N–C) groups is 1. The molecule has 9 nitrogen and oxygen atoms in total. The van der Waals surface area contributed by atoms with Crippen molar-refractivity contribution < 1.29 is 27.5 Å². The van der Waals surface area contributed by atoms with Gasteiger partial charge in [0.15, 0.2) is 15.0 Å². The van der Waals surface area contributed by atoms with E-state index < -0.39 is 33.5 Å². The highest BCUT2D eigenvalue weighted by Crippen LogP contribution is 2.41. The predicted octanol–water partition coefficient (Wildman–Crippen LogP) is 3.82. The van der Waals surface area contributed by atoms with Crippen molar-refractivity contribution >= 4 is 44.5 Å². The molecule has 2 saturated heterocycles. The Bertz CT molecular complexity index is 1290. The first-order valence-corrected chi connectivity index (χ1v) is 15.2. The molecule has 0 bridgehead atoms. The van der Waals surface area contributed by atoms with Crippen LogP contribution in [-0.4, -0.2) is 66.6 Å². The summed E-state index contributed by atoms with van der Waals surface area (Å²) in [7, 11) is -3.21. The van der Waals surface area contributed by atoms with E-state index in [4.69, 9.17) is 9.47 Å². The summed E-state index contributed by atoms with van der Waals surface area (Å²) in [6.07, 6.45) is -0.484. The molecule has 3 atom stereocenters. The van der Waals surface area contributed by atoms with Crippen molar-refractivity contribution in [3.63, 3.8) is 0 Å². The first-order valence-electron chi connectivity index (χ1n) is 12.5. The Hall–Kier alpha value is -3.05. The van der Waals surface area contributed by atoms with Crippen LogP contribution in [0.3, 0.4) is 0 Å². The number of ether oxygens (including phenoxy) is 2. The fraction of sp³-hybridized carbons (Fsp3) is 0.444. The maximum absolute atomic E-state index is 13.5. The number of thioether (sulfide) groups is 1. The Morgan fingerprint density at radius 3 is 2.42 bits per heavy atom. The van der Waals surface area contributed by atoms with Gasteiger partial charge in [-0.3, -0.25) is 4.79 Å². The van der Waals surface area contributed by atoms with Gasteiger partial charge in [0.1, 0.15) is 17.4 Å². The second-order valence-corrected chi connectivity index (χ2v) is 13.6. The molecule has 2 aliphatic rings. The number of benzene rings is 2. The topological polar surface area (TPSA) is 114 Å². The fourth-order valence-corrected chi connectivity index (χ4v) is 8.33. The molecular formula is C27H33N3O6S2. The van der Waals surface area contributed by atoms with E-state index in [0.717, 1.165) is 11.3 Å². The van der Waals surface area contributed by atoms with Crippen LogP contribution < -0.4 is 15.0 Å². The van der Waals surface area contributed by atoms with Gasteiger partial charge in [-0.05, 0) is 57.5 Å². The third kappa shape index (κ3) is 7.08. The van der Waals surface area contributed by atoms with Gasteiger partial charge in [-0.15, -0.1) is 0 Å². The summed E-state index contributed by atoms with van der Waals surface area (Å²) in [5.74, 6) is 0.153. The van der Waals surface area contributed by atoms with E-state index in [-0.39, 0.29) is 29.2 Å². The van der Waals surface area contributed by atoms with Crippen molar-refractivity contribution in [1.82, 2.24) is 5.32 Å². The zero-order valence-electron chi connectivity index (χ0n) is 21.9. The lowest BCUT2D eigenvalue weighted by molar-refractivity contribution is -0.119. The lowest BCUT2D eigenvalue weighted by Gasteiger charge is -2.25. The van der Waals surface area contributed by atoms with Crippen LogP contribution >= 0.6 is 11.8 Å². The van der Waals surface area contributed by atoms with Gasteiger partial charge in [-0.25, -0.2) is 13.2 Å². The lowest BCUT2D eigenvalue weighted by atomic mass is 10.1. The summed E-state index contributed by atoms with van der Waals surface area (Å²) < 4.78 is 35.7. The van der Waals surface area contributed by atoms with E-state index in [1.807, 2.05) is 66.4 Å². The molecule has 2 aromatic carbocycles. The minimum absolute atomic E-state index is 0.0192. The van der Waals surface area contributed by atoms with Crippen molar-refractivity contribution in [3.05, 3.63) is 60.2 Å². The smallest absolute Gasteiger partial charge is 0.408 e. The van der Waals surface area contributed by atoms with Crippen molar-refractivity contribution in [3.8, 4) is 5.75 Å². The molecule has 204 valence electrons. The molecule has 2 aliphatic heterocycles. The first-order chi connectivity index (χ1) is 17.9. The van der Waals surface area contributed by atoms with Gasteiger partial charge < -0.3 is 19.7 Å². The van der Waals surface area contributed by atoms with Gasteiger partial charge in [0.05, 0.1) is 24.2 Å². The Morgan fingerprint density at radius 2 is 1.79 bits per heavy atom. The third-order valence-electron chi connectivity index (χ3n) is 5.97. The van der Waals surface area contributed by atoms with Gasteiger partial charge in [-0.1, -0.05) is 42.1 Å². The van der Waals surface area contributed by atoms with Crippen LogP contribution in [0.2, 0.25) is 0 Å². The Kier molecular flexibility index (Phi) is 8.37. The number of carbonyl (C=O) groups is 2. The number of nitrogens with one attached hydrogen (secondary N) is 1. The largest absolute Gasteiger partial charge is 0.494 e. The summed E-state index contributed by atoms with van der Waals surface area (Å²) >= 11 is 1.28. The number of amides is 2. The summed E-state index contributed by atoms with van der Waals surface area (Å²) in [6, 6.07) is 15.3. The number of alkyl carbamates (subject to hydrolysis) is 1. The molecule has 0 aliphatic carbocycles. The number of hydrogen-bond acceptors (Lipinski definition) is 7. The molecule has 38 heavy (non-hydrogen) atoms. The van der Waals surface area contributed by atoms with E-state index in [2.05, 4.69) is 10.3 Å². The van der Waals surface area contributed by atoms with Crippen molar-refractivity contribution in [2.45, 2.75) is 57.1 Å². The van der Waals surface area contributed by atoms with Crippen molar-refractivity contribution in [2.75, 3.05) is 23.0 Å². The van der Waals surface area contributed by atoms with Gasteiger partial charge in [0.2, 0.25) is 0 Å². The lowest BCUT2D eigenvalue weighted by Crippen LogP contribution is -2.45. The molecule has 2 aromatic rings.